The van der Waals surface area contributed by atoms with Crippen molar-refractivity contribution in [1.82, 2.24) is 14.9 Å². The van der Waals surface area contributed by atoms with Gasteiger partial charge in [0.1, 0.15) is 11.5 Å². The van der Waals surface area contributed by atoms with Crippen molar-refractivity contribution in [3.8, 4) is 17.2 Å². The number of aromatic carboxylic acids is 1. The first-order chi connectivity index (χ1) is 18.3. The van der Waals surface area contributed by atoms with E-state index < -0.39 is 5.97 Å². The van der Waals surface area contributed by atoms with Gasteiger partial charge in [-0.3, -0.25) is 4.98 Å². The Morgan fingerprint density at radius 2 is 1.84 bits per heavy atom. The molecule has 0 bridgehead atoms. The molecule has 9 heteroatoms. The van der Waals surface area contributed by atoms with Gasteiger partial charge in [-0.05, 0) is 80.2 Å². The molecule has 1 aliphatic heterocycles. The Morgan fingerprint density at radius 1 is 1.03 bits per heavy atom. The Kier molecular flexibility index (Phi) is 6.77. The maximum atomic E-state index is 11.6. The summed E-state index contributed by atoms with van der Waals surface area (Å²) in [7, 11) is 3.24. The van der Waals surface area contributed by atoms with Crippen LogP contribution in [0.15, 0.2) is 72.9 Å². The second-order valence-corrected chi connectivity index (χ2v) is 9.44. The Morgan fingerprint density at radius 3 is 2.53 bits per heavy atom. The highest BCUT2D eigenvalue weighted by molar-refractivity contribution is 7.80. The van der Waals surface area contributed by atoms with Gasteiger partial charge in [-0.15, -0.1) is 0 Å². The van der Waals surface area contributed by atoms with E-state index in [-0.39, 0.29) is 17.6 Å². The number of aryl methyl sites for hydroxylation is 1. The quantitative estimate of drug-likeness (QED) is 0.309. The number of aromatic nitrogens is 2. The van der Waals surface area contributed by atoms with Crippen LogP contribution < -0.4 is 19.7 Å². The lowest BCUT2D eigenvalue weighted by Crippen LogP contribution is -2.30. The number of carboxylic acid groups (broad SMARTS) is 1. The molecule has 8 nitrogen and oxygen atoms in total. The van der Waals surface area contributed by atoms with Gasteiger partial charge < -0.3 is 29.4 Å². The van der Waals surface area contributed by atoms with E-state index in [2.05, 4.69) is 25.8 Å². The van der Waals surface area contributed by atoms with Crippen molar-refractivity contribution in [2.45, 2.75) is 25.9 Å². The number of benzene rings is 2. The lowest BCUT2D eigenvalue weighted by molar-refractivity contribution is 0.0697. The van der Waals surface area contributed by atoms with Crippen molar-refractivity contribution in [2.24, 2.45) is 0 Å². The first kappa shape index (κ1) is 25.3. The van der Waals surface area contributed by atoms with Gasteiger partial charge in [0.2, 0.25) is 0 Å². The third-order valence-corrected chi connectivity index (χ3v) is 7.20. The minimum absolute atomic E-state index is 0.233. The molecule has 5 rings (SSSR count). The lowest BCUT2D eigenvalue weighted by atomic mass is 9.96. The number of nitrogens with zero attached hydrogens (tertiary/aromatic N) is 3. The summed E-state index contributed by atoms with van der Waals surface area (Å²) in [6.45, 7) is 4.05. The zero-order chi connectivity index (χ0) is 27.0. The van der Waals surface area contributed by atoms with Gasteiger partial charge in [-0.25, -0.2) is 4.79 Å². The molecule has 0 amide bonds. The summed E-state index contributed by atoms with van der Waals surface area (Å²) in [6, 6.07) is 20.1. The maximum absolute atomic E-state index is 11.6. The van der Waals surface area contributed by atoms with Crippen molar-refractivity contribution in [3.05, 3.63) is 101 Å². The average molecular weight is 529 g/mol. The number of methoxy groups -OCH3 is 2. The fourth-order valence-electron chi connectivity index (χ4n) is 5.18. The van der Waals surface area contributed by atoms with Gasteiger partial charge >= 0.3 is 5.97 Å². The van der Waals surface area contributed by atoms with Gasteiger partial charge in [-0.2, -0.15) is 0 Å². The predicted molar refractivity (Wildman–Crippen MR) is 150 cm³/mol. The van der Waals surface area contributed by atoms with E-state index in [1.54, 1.807) is 38.6 Å². The molecule has 1 fully saturated rings. The third-order valence-electron chi connectivity index (χ3n) is 6.88. The van der Waals surface area contributed by atoms with Crippen molar-refractivity contribution in [2.75, 3.05) is 19.1 Å². The smallest absolute Gasteiger partial charge is 0.335 e. The predicted octanol–water partition coefficient (Wildman–Crippen LogP) is 5.38. The van der Waals surface area contributed by atoms with E-state index in [0.717, 1.165) is 34.0 Å². The summed E-state index contributed by atoms with van der Waals surface area (Å²) >= 11 is 5.90. The molecule has 38 heavy (non-hydrogen) atoms. The molecule has 1 saturated heterocycles. The SMILES string of the molecule is COc1ccc(N2C(=S)N[C@H](c3ccccn3)[C@H]2c2cc(C)n(-c3cccc(C(=O)O)c3)c2C)c(OC)c1. The van der Waals surface area contributed by atoms with E-state index in [9.17, 15) is 9.90 Å². The van der Waals surface area contributed by atoms with Crippen LogP contribution >= 0.6 is 12.2 Å². The lowest BCUT2D eigenvalue weighted by Gasteiger charge is -2.29. The zero-order valence-electron chi connectivity index (χ0n) is 21.5. The minimum Gasteiger partial charge on any atom is -0.497 e. The highest BCUT2D eigenvalue weighted by atomic mass is 32.1. The fourth-order valence-corrected chi connectivity index (χ4v) is 5.52. The summed E-state index contributed by atoms with van der Waals surface area (Å²) in [6.07, 6.45) is 1.77. The summed E-state index contributed by atoms with van der Waals surface area (Å²) in [5.74, 6) is 0.342. The molecular weight excluding hydrogens is 500 g/mol. The Balaban J connectivity index is 1.70. The van der Waals surface area contributed by atoms with Crippen LogP contribution in [0.5, 0.6) is 11.5 Å². The number of hydrogen-bond donors (Lipinski definition) is 2. The first-order valence-electron chi connectivity index (χ1n) is 12.1. The number of thiocarbonyl (C=S) groups is 1. The minimum atomic E-state index is -0.965. The summed E-state index contributed by atoms with van der Waals surface area (Å²) < 4.78 is 13.2. The van der Waals surface area contributed by atoms with Gasteiger partial charge in [0, 0.05) is 29.3 Å². The van der Waals surface area contributed by atoms with E-state index >= 15 is 0 Å². The fraction of sp³-hybridized carbons (Fsp3) is 0.207. The van der Waals surface area contributed by atoms with Gasteiger partial charge in [0.05, 0.1) is 43.2 Å². The van der Waals surface area contributed by atoms with E-state index in [0.29, 0.717) is 16.6 Å². The number of nitrogens with one attached hydrogen (secondary N) is 1. The van der Waals surface area contributed by atoms with Crippen molar-refractivity contribution in [1.29, 1.82) is 0 Å². The zero-order valence-corrected chi connectivity index (χ0v) is 22.3. The molecule has 2 atom stereocenters. The molecule has 0 saturated carbocycles. The molecule has 0 unspecified atom stereocenters. The molecule has 194 valence electrons. The van der Waals surface area contributed by atoms with Gasteiger partial charge in [0.15, 0.2) is 5.11 Å². The normalized spacial score (nSPS) is 16.8. The molecule has 3 heterocycles. The van der Waals surface area contributed by atoms with E-state index in [1.165, 1.54) is 0 Å². The monoisotopic (exact) mass is 528 g/mol. The highest BCUT2D eigenvalue weighted by Crippen LogP contribution is 2.46. The molecule has 4 aromatic rings. The van der Waals surface area contributed by atoms with Crippen LogP contribution in [0.3, 0.4) is 0 Å². The number of carboxylic acids is 1. The first-order valence-corrected chi connectivity index (χ1v) is 12.5. The largest absolute Gasteiger partial charge is 0.497 e. The Hall–Kier alpha value is -4.37. The highest BCUT2D eigenvalue weighted by Gasteiger charge is 2.43. The molecule has 0 spiro atoms. The van der Waals surface area contributed by atoms with Crippen molar-refractivity contribution < 1.29 is 19.4 Å². The van der Waals surface area contributed by atoms with Crippen LogP contribution in [0.25, 0.3) is 5.69 Å². The summed E-state index contributed by atoms with van der Waals surface area (Å²) in [5, 5.41) is 13.6. The van der Waals surface area contributed by atoms with Crippen molar-refractivity contribution in [3.63, 3.8) is 0 Å². The number of anilines is 1. The van der Waals surface area contributed by atoms with Crippen LogP contribution in [-0.4, -0.2) is 40.0 Å². The molecule has 1 aliphatic rings. The maximum Gasteiger partial charge on any atom is 0.335 e. The Bertz CT molecular complexity index is 1520. The number of ether oxygens (including phenoxy) is 2. The molecule has 2 N–H and O–H groups in total. The van der Waals surface area contributed by atoms with Crippen LogP contribution in [0, 0.1) is 13.8 Å². The second-order valence-electron chi connectivity index (χ2n) is 9.05. The van der Waals surface area contributed by atoms with Gasteiger partial charge in [0.25, 0.3) is 0 Å². The third kappa shape index (κ3) is 4.35. The van der Waals surface area contributed by atoms with Crippen LogP contribution in [0.1, 0.15) is 45.1 Å². The van der Waals surface area contributed by atoms with E-state index in [1.807, 2.05) is 56.3 Å². The molecule has 0 radical (unpaired) electrons. The molecule has 0 aliphatic carbocycles. The van der Waals surface area contributed by atoms with Crippen molar-refractivity contribution >= 4 is 29.0 Å². The number of rotatable bonds is 7. The van der Waals surface area contributed by atoms with Crippen LogP contribution in [0.4, 0.5) is 5.69 Å². The average Bonchev–Trinajstić information content (AvgIpc) is 3.43. The number of pyridine rings is 1. The number of carbonyl (C=O) groups is 1. The van der Waals surface area contributed by atoms with Crippen LogP contribution in [0.2, 0.25) is 0 Å². The molecular formula is C29H28N4O4S. The topological polar surface area (TPSA) is 88.9 Å². The van der Waals surface area contributed by atoms with E-state index in [4.69, 9.17) is 21.7 Å². The standard InChI is InChI=1S/C29H28N4O4S/c1-17-14-22(18(2)32(17)20-9-7-8-19(15-20)28(34)35)27-26(23-10-5-6-13-30-23)31-29(38)33(27)24-12-11-21(36-3)16-25(24)37-4/h5-16,26-27H,1-4H3,(H,31,38)(H,34,35)/t26-,27-/m1/s1. The summed E-state index contributed by atoms with van der Waals surface area (Å²) in [4.78, 5) is 18.4. The summed E-state index contributed by atoms with van der Waals surface area (Å²) in [5.41, 5.74) is 5.64. The second kappa shape index (κ2) is 10.2. The number of hydrogen-bond acceptors (Lipinski definition) is 5. The van der Waals surface area contributed by atoms with Crippen LogP contribution in [-0.2, 0) is 0 Å². The molecule has 2 aromatic carbocycles. The Labute approximate surface area is 226 Å². The molecule has 2 aromatic heterocycles. The van der Waals surface area contributed by atoms with Gasteiger partial charge in [-0.1, -0.05) is 12.1 Å².